The Labute approximate surface area is 202 Å². The maximum Gasteiger partial charge on any atom is 0.243 e. The molecule has 34 heavy (non-hydrogen) atoms. The largest absolute Gasteiger partial charge is 0.366 e. The fraction of sp³-hybridized carbons (Fsp3) is 0.250. The number of aromatic nitrogens is 2. The van der Waals surface area contributed by atoms with Crippen LogP contribution >= 0.6 is 0 Å². The molecular formula is C28H36N4O2. The first-order valence-electron chi connectivity index (χ1n) is 11.4. The molecule has 3 rings (SSSR count). The smallest absolute Gasteiger partial charge is 0.243 e. The third kappa shape index (κ3) is 9.28. The summed E-state index contributed by atoms with van der Waals surface area (Å²) in [7, 11) is 0. The zero-order valence-corrected chi connectivity index (χ0v) is 20.7. The van der Waals surface area contributed by atoms with Crippen molar-refractivity contribution in [1.29, 1.82) is 0 Å². The van der Waals surface area contributed by atoms with Gasteiger partial charge in [-0.2, -0.15) is 5.10 Å². The van der Waals surface area contributed by atoms with E-state index in [1.54, 1.807) is 6.92 Å². The molecule has 1 aromatic heterocycles. The van der Waals surface area contributed by atoms with E-state index in [-0.39, 0.29) is 5.91 Å². The molecule has 0 saturated heterocycles. The van der Waals surface area contributed by atoms with E-state index in [4.69, 9.17) is 5.73 Å². The van der Waals surface area contributed by atoms with Crippen LogP contribution in [0.5, 0.6) is 0 Å². The minimum atomic E-state index is -0.435. The molecule has 3 aromatic rings. The Morgan fingerprint density at radius 3 is 2.26 bits per heavy atom. The number of hydrogen-bond acceptors (Lipinski definition) is 3. The number of nitrogens with zero attached hydrogens (tertiary/aromatic N) is 1. The van der Waals surface area contributed by atoms with Crippen molar-refractivity contribution in [2.75, 3.05) is 0 Å². The van der Waals surface area contributed by atoms with Gasteiger partial charge in [-0.3, -0.25) is 14.7 Å². The van der Waals surface area contributed by atoms with Gasteiger partial charge in [0.2, 0.25) is 11.8 Å². The lowest BCUT2D eigenvalue weighted by Gasteiger charge is -2.07. The number of aromatic amines is 1. The number of H-pyrrole nitrogens is 1. The third-order valence-corrected chi connectivity index (χ3v) is 4.78. The summed E-state index contributed by atoms with van der Waals surface area (Å²) in [5.74, 6) is -0.380. The number of aryl methyl sites for hydroxylation is 1. The molecule has 180 valence electrons. The molecule has 0 unspecified atom stereocenters. The molecule has 0 aliphatic carbocycles. The topological polar surface area (TPSA) is 101 Å². The van der Waals surface area contributed by atoms with Gasteiger partial charge in [-0.1, -0.05) is 81.6 Å². The molecule has 0 atom stereocenters. The second kappa shape index (κ2) is 15.0. The molecule has 0 radical (unpaired) electrons. The Kier molecular flexibility index (Phi) is 12.4. The number of rotatable bonds is 7. The fourth-order valence-electron chi connectivity index (χ4n) is 2.88. The van der Waals surface area contributed by atoms with Crippen LogP contribution in [0.1, 0.15) is 45.2 Å². The highest BCUT2D eigenvalue weighted by molar-refractivity contribution is 5.90. The van der Waals surface area contributed by atoms with Gasteiger partial charge < -0.3 is 11.1 Å². The van der Waals surface area contributed by atoms with E-state index in [9.17, 15) is 9.59 Å². The van der Waals surface area contributed by atoms with Crippen molar-refractivity contribution in [3.8, 4) is 11.3 Å². The summed E-state index contributed by atoms with van der Waals surface area (Å²) in [5.41, 5.74) is 9.15. The number of nitrogens with one attached hydrogen (secondary N) is 2. The summed E-state index contributed by atoms with van der Waals surface area (Å²) in [6.45, 7) is 15.4. The Balaban J connectivity index is 0.000000631. The van der Waals surface area contributed by atoms with E-state index in [1.807, 2.05) is 81.4 Å². The zero-order valence-electron chi connectivity index (χ0n) is 20.7. The lowest BCUT2D eigenvalue weighted by Crippen LogP contribution is -2.23. The molecule has 0 spiro atoms. The normalized spacial score (nSPS) is 10.3. The second-order valence-electron chi connectivity index (χ2n) is 7.36. The van der Waals surface area contributed by atoms with Crippen LogP contribution in [0, 0.1) is 0 Å². The third-order valence-electron chi connectivity index (χ3n) is 4.78. The number of benzene rings is 2. The van der Waals surface area contributed by atoms with Crippen LogP contribution in [-0.4, -0.2) is 22.0 Å². The van der Waals surface area contributed by atoms with Crippen LogP contribution in [0.4, 0.5) is 0 Å². The maximum atomic E-state index is 12.1. The average Bonchev–Trinajstić information content (AvgIpc) is 3.24. The Bertz CT molecular complexity index is 1170. The number of nitrogens with two attached hydrogens (primary N) is 1. The molecule has 4 N–H and O–H groups in total. The summed E-state index contributed by atoms with van der Waals surface area (Å²) in [6, 6.07) is 18.1. The molecule has 6 heteroatoms. The first-order chi connectivity index (χ1) is 16.3. The SMILES string of the molecule is C=C(C)C(N)=O.C=c1c(-c2cccc(CNC(=O)CCc3ccccc3)c2)n[nH]/c1=C/C.CC. The van der Waals surface area contributed by atoms with Gasteiger partial charge in [0.1, 0.15) is 0 Å². The molecule has 2 amide bonds. The second-order valence-corrected chi connectivity index (χ2v) is 7.36. The molecule has 2 aromatic carbocycles. The van der Waals surface area contributed by atoms with E-state index < -0.39 is 5.91 Å². The molecule has 0 bridgehead atoms. The van der Waals surface area contributed by atoms with Crippen LogP contribution in [0.3, 0.4) is 0 Å². The van der Waals surface area contributed by atoms with Crippen molar-refractivity contribution in [2.45, 2.75) is 47.1 Å². The molecule has 0 aliphatic rings. The number of carbonyl (C=O) groups excluding carboxylic acids is 2. The van der Waals surface area contributed by atoms with Gasteiger partial charge in [0, 0.05) is 29.3 Å². The van der Waals surface area contributed by atoms with E-state index in [1.165, 1.54) is 5.56 Å². The quantitative estimate of drug-likeness (QED) is 0.470. The van der Waals surface area contributed by atoms with E-state index in [0.717, 1.165) is 33.8 Å². The summed E-state index contributed by atoms with van der Waals surface area (Å²) < 4.78 is 0. The highest BCUT2D eigenvalue weighted by Gasteiger charge is 2.06. The highest BCUT2D eigenvalue weighted by atomic mass is 16.1. The predicted octanol–water partition coefficient (Wildman–Crippen LogP) is 3.61. The number of carbonyl (C=O) groups is 2. The molecular weight excluding hydrogens is 424 g/mol. The monoisotopic (exact) mass is 460 g/mol. The Hall–Kier alpha value is -3.93. The van der Waals surface area contributed by atoms with Gasteiger partial charge in [-0.05, 0) is 37.5 Å². The summed E-state index contributed by atoms with van der Waals surface area (Å²) >= 11 is 0. The van der Waals surface area contributed by atoms with Crippen molar-refractivity contribution < 1.29 is 9.59 Å². The lowest BCUT2D eigenvalue weighted by molar-refractivity contribution is -0.121. The molecule has 0 fully saturated rings. The minimum absolute atomic E-state index is 0.0553. The number of primary amides is 1. The molecule has 1 heterocycles. The van der Waals surface area contributed by atoms with Crippen LogP contribution in [-0.2, 0) is 22.6 Å². The van der Waals surface area contributed by atoms with Crippen LogP contribution in [0.15, 0.2) is 66.7 Å². The van der Waals surface area contributed by atoms with Gasteiger partial charge >= 0.3 is 0 Å². The summed E-state index contributed by atoms with van der Waals surface area (Å²) in [6.07, 6.45) is 3.19. The fourth-order valence-corrected chi connectivity index (χ4v) is 2.88. The highest BCUT2D eigenvalue weighted by Crippen LogP contribution is 2.14. The van der Waals surface area contributed by atoms with Crippen molar-refractivity contribution in [3.63, 3.8) is 0 Å². The lowest BCUT2D eigenvalue weighted by atomic mass is 10.1. The standard InChI is InChI=1S/C22H23N3O.C4H7NO.C2H6/c1-3-20-16(2)22(25-24-20)19-11-7-10-18(14-19)15-23-21(26)13-12-17-8-5-4-6-9-17;1-3(2)4(5)6;1-2/h3-11,14,24H,2,12-13,15H2,1H3,(H,23,26);1H2,2H3,(H2,5,6);1-2H3/b20-3+;;. The minimum Gasteiger partial charge on any atom is -0.366 e. The van der Waals surface area contributed by atoms with E-state index >= 15 is 0 Å². The van der Waals surface area contributed by atoms with Gasteiger partial charge in [0.15, 0.2) is 0 Å². The van der Waals surface area contributed by atoms with Gasteiger partial charge in [0.25, 0.3) is 0 Å². The first kappa shape index (κ1) is 28.1. The first-order valence-corrected chi connectivity index (χ1v) is 11.4. The molecule has 0 saturated carbocycles. The molecule has 6 nitrogen and oxygen atoms in total. The summed E-state index contributed by atoms with van der Waals surface area (Å²) in [4.78, 5) is 21.9. The molecule has 0 aliphatic heterocycles. The average molecular weight is 461 g/mol. The van der Waals surface area contributed by atoms with E-state index in [2.05, 4.69) is 28.7 Å². The Morgan fingerprint density at radius 2 is 1.71 bits per heavy atom. The van der Waals surface area contributed by atoms with Gasteiger partial charge in [-0.25, -0.2) is 0 Å². The zero-order chi connectivity index (χ0) is 25.5. The maximum absolute atomic E-state index is 12.1. The number of hydrogen-bond donors (Lipinski definition) is 3. The van der Waals surface area contributed by atoms with Crippen LogP contribution in [0.2, 0.25) is 0 Å². The van der Waals surface area contributed by atoms with Gasteiger partial charge in [-0.15, -0.1) is 0 Å². The predicted molar refractivity (Wildman–Crippen MR) is 141 cm³/mol. The van der Waals surface area contributed by atoms with E-state index in [0.29, 0.717) is 18.5 Å². The van der Waals surface area contributed by atoms with Crippen LogP contribution < -0.4 is 21.6 Å². The van der Waals surface area contributed by atoms with Crippen LogP contribution in [0.25, 0.3) is 23.9 Å². The van der Waals surface area contributed by atoms with Crippen molar-refractivity contribution in [2.24, 2.45) is 5.73 Å². The van der Waals surface area contributed by atoms with Crippen molar-refractivity contribution in [1.82, 2.24) is 15.5 Å². The van der Waals surface area contributed by atoms with Gasteiger partial charge in [0.05, 0.1) is 11.0 Å². The van der Waals surface area contributed by atoms with Crippen molar-refractivity contribution in [3.05, 3.63) is 88.4 Å². The number of amides is 2. The Morgan fingerprint density at radius 1 is 1.09 bits per heavy atom. The summed E-state index contributed by atoms with van der Waals surface area (Å²) in [5, 5.41) is 12.1. The van der Waals surface area contributed by atoms with Crippen molar-refractivity contribution >= 4 is 24.5 Å².